The van der Waals surface area contributed by atoms with Gasteiger partial charge in [0.05, 0.1) is 31.0 Å². The third-order valence-electron chi connectivity index (χ3n) is 3.86. The van der Waals surface area contributed by atoms with E-state index in [1.54, 1.807) is 6.92 Å². The lowest BCUT2D eigenvalue weighted by Crippen LogP contribution is -2.17. The molecule has 11 heteroatoms. The predicted molar refractivity (Wildman–Crippen MR) is 103 cm³/mol. The highest BCUT2D eigenvalue weighted by molar-refractivity contribution is 7.18. The molecule has 2 aromatic heterocycles. The lowest BCUT2D eigenvalue weighted by atomic mass is 10.1. The van der Waals surface area contributed by atoms with Crippen LogP contribution in [0.1, 0.15) is 55.7 Å². The summed E-state index contributed by atoms with van der Waals surface area (Å²) in [5.41, 5.74) is 0.504. The fraction of sp³-hybridized carbons (Fsp3) is 0.389. The minimum atomic E-state index is -1.11. The summed E-state index contributed by atoms with van der Waals surface area (Å²) in [6.45, 7) is 3.78. The zero-order valence-electron chi connectivity index (χ0n) is 16.2. The molecule has 0 saturated heterocycles. The molecular formula is C18H21N3O7S. The van der Waals surface area contributed by atoms with Crippen LogP contribution >= 0.6 is 11.3 Å². The van der Waals surface area contributed by atoms with Crippen molar-refractivity contribution >= 4 is 40.2 Å². The van der Waals surface area contributed by atoms with Crippen LogP contribution in [0.15, 0.2) is 12.4 Å². The van der Waals surface area contributed by atoms with E-state index in [9.17, 15) is 19.2 Å². The van der Waals surface area contributed by atoms with Crippen LogP contribution in [0.2, 0.25) is 0 Å². The van der Waals surface area contributed by atoms with Gasteiger partial charge >= 0.3 is 17.9 Å². The number of rotatable bonds is 9. The second-order valence-electron chi connectivity index (χ2n) is 5.98. The molecule has 1 amide bonds. The smallest absolute Gasteiger partial charge is 0.348 e. The Labute approximate surface area is 170 Å². The van der Waals surface area contributed by atoms with Crippen molar-refractivity contribution in [1.29, 1.82) is 0 Å². The Morgan fingerprint density at radius 3 is 2.59 bits per heavy atom. The number of amides is 1. The van der Waals surface area contributed by atoms with Gasteiger partial charge in [0.15, 0.2) is 0 Å². The highest BCUT2D eigenvalue weighted by Crippen LogP contribution is 2.34. The number of aromatic nitrogens is 2. The Bertz CT molecular complexity index is 932. The molecule has 0 fully saturated rings. The Morgan fingerprint density at radius 1 is 1.28 bits per heavy atom. The maximum Gasteiger partial charge on any atom is 0.348 e. The fourth-order valence-electron chi connectivity index (χ4n) is 2.40. The van der Waals surface area contributed by atoms with Crippen LogP contribution in [0.4, 0.5) is 5.00 Å². The first-order valence-corrected chi connectivity index (χ1v) is 9.54. The highest BCUT2D eigenvalue weighted by atomic mass is 32.1. The van der Waals surface area contributed by atoms with E-state index < -0.39 is 23.8 Å². The normalized spacial score (nSPS) is 10.4. The molecule has 0 saturated carbocycles. The summed E-state index contributed by atoms with van der Waals surface area (Å²) in [5, 5.41) is 15.6. The number of carboxylic acid groups (broad SMARTS) is 1. The number of esters is 2. The number of carbonyl (C=O) groups excluding carboxylic acids is 3. The molecule has 0 aliphatic heterocycles. The monoisotopic (exact) mass is 423 g/mol. The van der Waals surface area contributed by atoms with Crippen molar-refractivity contribution in [2.45, 2.75) is 33.2 Å². The van der Waals surface area contributed by atoms with Gasteiger partial charge in [-0.1, -0.05) is 6.92 Å². The zero-order chi connectivity index (χ0) is 21.6. The van der Waals surface area contributed by atoms with Gasteiger partial charge in [-0.3, -0.25) is 9.48 Å². The minimum absolute atomic E-state index is 0.0166. The fourth-order valence-corrected chi connectivity index (χ4v) is 3.53. The number of anilines is 1. The number of hydrogen-bond acceptors (Lipinski definition) is 8. The van der Waals surface area contributed by atoms with Gasteiger partial charge in [-0.15, -0.1) is 11.3 Å². The van der Waals surface area contributed by atoms with E-state index in [2.05, 4.69) is 10.4 Å². The maximum absolute atomic E-state index is 12.4. The maximum atomic E-state index is 12.4. The first-order valence-electron chi connectivity index (χ1n) is 8.72. The van der Waals surface area contributed by atoms with E-state index in [1.165, 1.54) is 24.2 Å². The first kappa shape index (κ1) is 22.1. The van der Waals surface area contributed by atoms with Gasteiger partial charge in [-0.2, -0.15) is 5.10 Å². The number of nitrogens with zero attached hydrogens (tertiary/aromatic N) is 2. The Kier molecular flexibility index (Phi) is 7.48. The molecule has 2 heterocycles. The van der Waals surface area contributed by atoms with Crippen LogP contribution in [0.5, 0.6) is 0 Å². The molecule has 2 aromatic rings. The topological polar surface area (TPSA) is 137 Å². The Hall–Kier alpha value is -3.21. The van der Waals surface area contributed by atoms with Crippen LogP contribution in [-0.2, 0) is 20.8 Å². The summed E-state index contributed by atoms with van der Waals surface area (Å²) in [4.78, 5) is 47.8. The van der Waals surface area contributed by atoms with E-state index in [4.69, 9.17) is 14.6 Å². The Balaban J connectivity index is 2.16. The van der Waals surface area contributed by atoms with Crippen molar-refractivity contribution in [3.63, 3.8) is 0 Å². The van der Waals surface area contributed by atoms with E-state index >= 15 is 0 Å². The largest absolute Gasteiger partial charge is 0.478 e. The molecule has 2 N–H and O–H groups in total. The first-order chi connectivity index (χ1) is 13.8. The van der Waals surface area contributed by atoms with Crippen LogP contribution in [0.25, 0.3) is 0 Å². The zero-order valence-corrected chi connectivity index (χ0v) is 17.0. The third kappa shape index (κ3) is 5.41. The van der Waals surface area contributed by atoms with E-state index in [0.717, 1.165) is 11.3 Å². The number of aromatic carboxylic acids is 1. The van der Waals surface area contributed by atoms with E-state index in [-0.39, 0.29) is 40.6 Å². The van der Waals surface area contributed by atoms with Gasteiger partial charge in [0.2, 0.25) is 5.91 Å². The summed E-state index contributed by atoms with van der Waals surface area (Å²) < 4.78 is 11.2. The molecular weight excluding hydrogens is 402 g/mol. The molecule has 0 spiro atoms. The van der Waals surface area contributed by atoms with E-state index in [1.807, 2.05) is 6.92 Å². The molecule has 0 aromatic carbocycles. The molecule has 0 aliphatic carbocycles. The molecule has 0 radical (unpaired) electrons. The highest BCUT2D eigenvalue weighted by Gasteiger charge is 2.27. The number of carboxylic acids is 1. The van der Waals surface area contributed by atoms with Gasteiger partial charge in [-0.05, 0) is 18.9 Å². The van der Waals surface area contributed by atoms with Gasteiger partial charge in [0, 0.05) is 19.2 Å². The SMILES string of the molecule is CCCOC(=O)c1c(NC(=O)CCn2cc(C(=O)O)cn2)sc(C(=O)OC)c1C. The lowest BCUT2D eigenvalue weighted by Gasteiger charge is -2.08. The van der Waals surface area contributed by atoms with Gasteiger partial charge in [0.1, 0.15) is 9.88 Å². The summed E-state index contributed by atoms with van der Waals surface area (Å²) in [6, 6.07) is 0. The minimum Gasteiger partial charge on any atom is -0.478 e. The average molecular weight is 423 g/mol. The molecule has 0 unspecified atom stereocenters. The average Bonchev–Trinajstić information content (AvgIpc) is 3.29. The molecule has 10 nitrogen and oxygen atoms in total. The molecule has 156 valence electrons. The van der Waals surface area contributed by atoms with Crippen LogP contribution in [0.3, 0.4) is 0 Å². The summed E-state index contributed by atoms with van der Waals surface area (Å²) in [6.07, 6.45) is 3.11. The van der Waals surface area contributed by atoms with Crippen molar-refractivity contribution in [2.24, 2.45) is 0 Å². The van der Waals surface area contributed by atoms with Crippen molar-refractivity contribution in [2.75, 3.05) is 19.0 Å². The molecule has 29 heavy (non-hydrogen) atoms. The number of ether oxygens (including phenoxy) is 2. The predicted octanol–water partition coefficient (Wildman–Crippen LogP) is 2.33. The van der Waals surface area contributed by atoms with Crippen molar-refractivity contribution < 1.29 is 33.8 Å². The van der Waals surface area contributed by atoms with Crippen LogP contribution in [0, 0.1) is 6.92 Å². The van der Waals surface area contributed by atoms with Crippen molar-refractivity contribution in [3.05, 3.63) is 34.0 Å². The molecule has 0 aliphatic rings. The number of thiophene rings is 1. The van der Waals surface area contributed by atoms with Crippen molar-refractivity contribution in [3.8, 4) is 0 Å². The standard InChI is InChI=1S/C18H21N3O7S/c1-4-7-28-17(25)13-10(2)14(18(26)27-3)29-15(13)20-12(22)5-6-21-9-11(8-19-21)16(23)24/h8-9H,4-7H2,1-3H3,(H,20,22)(H,23,24). The second-order valence-corrected chi connectivity index (χ2v) is 7.00. The lowest BCUT2D eigenvalue weighted by molar-refractivity contribution is -0.116. The summed E-state index contributed by atoms with van der Waals surface area (Å²) in [7, 11) is 1.23. The van der Waals surface area contributed by atoms with Gasteiger partial charge in [0.25, 0.3) is 0 Å². The van der Waals surface area contributed by atoms with Crippen molar-refractivity contribution in [1.82, 2.24) is 9.78 Å². The number of hydrogen-bond donors (Lipinski definition) is 2. The number of aryl methyl sites for hydroxylation is 1. The summed E-state index contributed by atoms with van der Waals surface area (Å²) in [5.74, 6) is -2.79. The number of nitrogens with one attached hydrogen (secondary N) is 1. The van der Waals surface area contributed by atoms with Gasteiger partial charge < -0.3 is 19.9 Å². The second kappa shape index (κ2) is 9.82. The summed E-state index contributed by atoms with van der Waals surface area (Å²) >= 11 is 0.931. The third-order valence-corrected chi connectivity index (χ3v) is 5.05. The van der Waals surface area contributed by atoms with Gasteiger partial charge in [-0.25, -0.2) is 14.4 Å². The molecule has 0 atom stereocenters. The molecule has 2 rings (SSSR count). The quantitative estimate of drug-likeness (QED) is 0.586. The number of carbonyl (C=O) groups is 4. The Morgan fingerprint density at radius 2 is 2.00 bits per heavy atom. The molecule has 0 bridgehead atoms. The van der Waals surface area contributed by atoms with E-state index in [0.29, 0.717) is 12.0 Å². The van der Waals surface area contributed by atoms with Crippen LogP contribution < -0.4 is 5.32 Å². The van der Waals surface area contributed by atoms with Crippen LogP contribution in [-0.4, -0.2) is 52.4 Å². The number of methoxy groups -OCH3 is 1.